The second-order valence-corrected chi connectivity index (χ2v) is 8.74. The van der Waals surface area contributed by atoms with Gasteiger partial charge < -0.3 is 10.2 Å². The van der Waals surface area contributed by atoms with Crippen molar-refractivity contribution in [1.82, 2.24) is 14.5 Å². The van der Waals surface area contributed by atoms with Crippen molar-refractivity contribution in [3.63, 3.8) is 0 Å². The van der Waals surface area contributed by atoms with Crippen LogP contribution in [0.1, 0.15) is 43.7 Å². The zero-order chi connectivity index (χ0) is 17.9. The summed E-state index contributed by atoms with van der Waals surface area (Å²) in [5.41, 5.74) is 2.08. The second kappa shape index (κ2) is 7.74. The molecule has 138 valence electrons. The third-order valence-electron chi connectivity index (χ3n) is 4.96. The van der Waals surface area contributed by atoms with Gasteiger partial charge in [-0.15, -0.1) is 0 Å². The van der Waals surface area contributed by atoms with Crippen molar-refractivity contribution >= 4 is 16.1 Å². The molecule has 0 spiro atoms. The number of fused-ring (bicyclic) bond motifs is 1. The number of rotatable bonds is 4. The highest BCUT2D eigenvalue weighted by Crippen LogP contribution is 2.26. The fraction of sp³-hybridized carbons (Fsp3) is 0.611. The Morgan fingerprint density at radius 2 is 1.88 bits per heavy atom. The number of carbonyl (C=O) groups excluding carboxylic acids is 1. The van der Waals surface area contributed by atoms with E-state index in [1.54, 1.807) is 21.3 Å². The van der Waals surface area contributed by atoms with Gasteiger partial charge in [-0.2, -0.15) is 4.31 Å². The molecule has 6 nitrogen and oxygen atoms in total. The van der Waals surface area contributed by atoms with Gasteiger partial charge in [-0.05, 0) is 48.9 Å². The van der Waals surface area contributed by atoms with Crippen molar-refractivity contribution < 1.29 is 13.2 Å². The van der Waals surface area contributed by atoms with Crippen LogP contribution in [0.5, 0.6) is 0 Å². The summed E-state index contributed by atoms with van der Waals surface area (Å²) >= 11 is 0. The first kappa shape index (κ1) is 18.2. The zero-order valence-corrected chi connectivity index (χ0v) is 15.6. The van der Waals surface area contributed by atoms with Crippen molar-refractivity contribution in [1.29, 1.82) is 0 Å². The quantitative estimate of drug-likeness (QED) is 0.890. The van der Waals surface area contributed by atoms with E-state index in [-0.39, 0.29) is 6.03 Å². The number of nitrogens with zero attached hydrogens (tertiary/aromatic N) is 2. The van der Waals surface area contributed by atoms with Gasteiger partial charge >= 0.3 is 6.03 Å². The van der Waals surface area contributed by atoms with Crippen LogP contribution < -0.4 is 5.32 Å². The average Bonchev–Trinajstić information content (AvgIpc) is 2.65. The molecule has 1 aromatic carbocycles. The highest BCUT2D eigenvalue weighted by Gasteiger charge is 2.28. The first-order valence-corrected chi connectivity index (χ1v) is 10.6. The van der Waals surface area contributed by atoms with E-state index in [4.69, 9.17) is 0 Å². The summed E-state index contributed by atoms with van der Waals surface area (Å²) < 4.78 is 27.3. The maximum Gasteiger partial charge on any atom is 0.317 e. The molecule has 1 fully saturated rings. The van der Waals surface area contributed by atoms with Crippen LogP contribution in [0.2, 0.25) is 0 Å². The minimum Gasteiger partial charge on any atom is -0.338 e. The first-order valence-electron chi connectivity index (χ1n) is 9.17. The van der Waals surface area contributed by atoms with E-state index < -0.39 is 10.0 Å². The molecule has 7 heteroatoms. The molecular formula is C18H27N3O3S. The molecule has 0 unspecified atom stereocenters. The van der Waals surface area contributed by atoms with Crippen LogP contribution in [0, 0.1) is 0 Å². The molecule has 25 heavy (non-hydrogen) atoms. The van der Waals surface area contributed by atoms with Gasteiger partial charge in [-0.3, -0.25) is 0 Å². The predicted molar refractivity (Wildman–Crippen MR) is 96.9 cm³/mol. The van der Waals surface area contributed by atoms with Crippen molar-refractivity contribution in [2.24, 2.45) is 0 Å². The summed E-state index contributed by atoms with van der Waals surface area (Å²) in [5.74, 6) is 0. The number of benzene rings is 1. The van der Waals surface area contributed by atoms with E-state index in [0.717, 1.165) is 43.2 Å². The number of hydrogen-bond acceptors (Lipinski definition) is 3. The molecule has 1 N–H and O–H groups in total. The van der Waals surface area contributed by atoms with E-state index in [0.29, 0.717) is 37.6 Å². The lowest BCUT2D eigenvalue weighted by Gasteiger charge is -2.30. The van der Waals surface area contributed by atoms with E-state index in [1.165, 1.54) is 0 Å². The second-order valence-electron chi connectivity index (χ2n) is 6.80. The molecule has 3 rings (SSSR count). The van der Waals surface area contributed by atoms with Crippen LogP contribution >= 0.6 is 0 Å². The molecular weight excluding hydrogens is 338 g/mol. The smallest absolute Gasteiger partial charge is 0.317 e. The summed E-state index contributed by atoms with van der Waals surface area (Å²) in [5, 5.41) is 2.89. The fourth-order valence-corrected chi connectivity index (χ4v) is 5.03. The monoisotopic (exact) mass is 365 g/mol. The van der Waals surface area contributed by atoms with E-state index in [9.17, 15) is 13.2 Å². The number of nitrogens with one attached hydrogen (secondary N) is 1. The summed E-state index contributed by atoms with van der Waals surface area (Å²) in [7, 11) is -3.43. The Balaban J connectivity index is 1.78. The average molecular weight is 365 g/mol. The molecule has 2 amide bonds. The molecule has 1 saturated heterocycles. The summed E-state index contributed by atoms with van der Waals surface area (Å²) in [6, 6.07) is 5.32. The van der Waals surface area contributed by atoms with Crippen LogP contribution in [-0.2, 0) is 23.0 Å². The van der Waals surface area contributed by atoms with Crippen LogP contribution in [0.25, 0.3) is 0 Å². The zero-order valence-electron chi connectivity index (χ0n) is 14.8. The molecule has 2 aliphatic heterocycles. The lowest BCUT2D eigenvalue weighted by Crippen LogP contribution is -2.43. The van der Waals surface area contributed by atoms with Gasteiger partial charge in [0.05, 0.1) is 4.90 Å². The van der Waals surface area contributed by atoms with Gasteiger partial charge in [0.25, 0.3) is 0 Å². The summed E-state index contributed by atoms with van der Waals surface area (Å²) in [4.78, 5) is 14.3. The largest absolute Gasteiger partial charge is 0.338 e. The Labute approximate surface area is 150 Å². The van der Waals surface area contributed by atoms with Gasteiger partial charge in [0, 0.05) is 32.7 Å². The van der Waals surface area contributed by atoms with Gasteiger partial charge in [-0.25, -0.2) is 13.2 Å². The number of hydrogen-bond donors (Lipinski definition) is 1. The maximum atomic E-state index is 12.9. The number of sulfonamides is 1. The van der Waals surface area contributed by atoms with Gasteiger partial charge in [0.15, 0.2) is 0 Å². The van der Waals surface area contributed by atoms with Gasteiger partial charge in [0.2, 0.25) is 10.0 Å². The molecule has 0 atom stereocenters. The summed E-state index contributed by atoms with van der Waals surface area (Å²) in [6.07, 6.45) is 4.61. The molecule has 2 heterocycles. The topological polar surface area (TPSA) is 69.7 Å². The molecule has 0 bridgehead atoms. The SMILES string of the molecule is CCCNC(=O)N1CCc2ccc(S(=O)(=O)N3CCCCC3)cc2C1. The highest BCUT2D eigenvalue weighted by molar-refractivity contribution is 7.89. The predicted octanol–water partition coefficient (Wildman–Crippen LogP) is 2.34. The normalized spacial score (nSPS) is 18.7. The minimum atomic E-state index is -3.43. The minimum absolute atomic E-state index is 0.0724. The van der Waals surface area contributed by atoms with Crippen molar-refractivity contribution in [3.8, 4) is 0 Å². The van der Waals surface area contributed by atoms with Gasteiger partial charge in [-0.1, -0.05) is 19.4 Å². The highest BCUT2D eigenvalue weighted by atomic mass is 32.2. The molecule has 1 aromatic rings. The Bertz CT molecular complexity index is 727. The Kier molecular flexibility index (Phi) is 5.64. The van der Waals surface area contributed by atoms with Crippen molar-refractivity contribution in [2.45, 2.75) is 50.5 Å². The first-order chi connectivity index (χ1) is 12.0. The van der Waals surface area contributed by atoms with Crippen LogP contribution in [0.3, 0.4) is 0 Å². The van der Waals surface area contributed by atoms with Crippen molar-refractivity contribution in [2.75, 3.05) is 26.2 Å². The standard InChI is InChI=1S/C18H27N3O3S/c1-2-9-19-18(22)20-12-8-15-6-7-17(13-16(15)14-20)25(23,24)21-10-4-3-5-11-21/h6-7,13H,2-5,8-12,14H2,1H3,(H,19,22). The van der Waals surface area contributed by atoms with Crippen molar-refractivity contribution in [3.05, 3.63) is 29.3 Å². The number of carbonyl (C=O) groups is 1. The molecule has 0 saturated carbocycles. The van der Waals surface area contributed by atoms with E-state index >= 15 is 0 Å². The molecule has 0 aliphatic carbocycles. The molecule has 0 aromatic heterocycles. The Morgan fingerprint density at radius 3 is 2.60 bits per heavy atom. The lowest BCUT2D eigenvalue weighted by atomic mass is 10.0. The third kappa shape index (κ3) is 3.98. The number of amides is 2. The van der Waals surface area contributed by atoms with Gasteiger partial charge in [0.1, 0.15) is 0 Å². The van der Waals surface area contributed by atoms with Crippen LogP contribution in [0.4, 0.5) is 4.79 Å². The number of urea groups is 1. The molecule has 0 radical (unpaired) electrons. The third-order valence-corrected chi connectivity index (χ3v) is 6.85. The van der Waals surface area contributed by atoms with E-state index in [1.807, 2.05) is 13.0 Å². The van der Waals surface area contributed by atoms with E-state index in [2.05, 4.69) is 5.32 Å². The maximum absolute atomic E-state index is 12.9. The Morgan fingerprint density at radius 1 is 1.12 bits per heavy atom. The van der Waals surface area contributed by atoms with Crippen LogP contribution in [0.15, 0.2) is 23.1 Å². The van der Waals surface area contributed by atoms with Crippen LogP contribution in [-0.4, -0.2) is 49.8 Å². The lowest BCUT2D eigenvalue weighted by molar-refractivity contribution is 0.192. The molecule has 2 aliphatic rings. The fourth-order valence-electron chi connectivity index (χ4n) is 3.47. The number of piperidine rings is 1. The summed E-state index contributed by atoms with van der Waals surface area (Å²) in [6.45, 7) is 5.01. The Hall–Kier alpha value is -1.60.